The van der Waals surface area contributed by atoms with Gasteiger partial charge in [-0.05, 0) is 44.2 Å². The molecule has 1 aromatic rings. The average Bonchev–Trinajstić information content (AvgIpc) is 2.90. The molecule has 1 saturated heterocycles. The number of amides is 4. The molecule has 2 aliphatic heterocycles. The average molecular weight is 388 g/mol. The molecule has 0 spiro atoms. The Labute approximate surface area is 160 Å². The van der Waals surface area contributed by atoms with Gasteiger partial charge in [0.1, 0.15) is 11.9 Å². The van der Waals surface area contributed by atoms with E-state index in [1.165, 1.54) is 6.07 Å². The van der Waals surface area contributed by atoms with Gasteiger partial charge in [0.2, 0.25) is 11.8 Å². The third-order valence-electron chi connectivity index (χ3n) is 5.68. The van der Waals surface area contributed by atoms with Gasteiger partial charge < -0.3 is 11.1 Å². The lowest BCUT2D eigenvalue weighted by Gasteiger charge is -2.29. The standard InChI is InChI=1S/C19H21FN4O4/c20-12-6-5-11-15(16(12)22-10-3-1-9(21)2-4-10)19(28)24(18(11)27)13-7-8-14(25)23-17(13)26/h5-6,9-10,13,22H,1-4,7-8,21H2,(H,23,25,26). The van der Waals surface area contributed by atoms with Gasteiger partial charge in [-0.3, -0.25) is 29.4 Å². The highest BCUT2D eigenvalue weighted by Crippen LogP contribution is 2.35. The summed E-state index contributed by atoms with van der Waals surface area (Å²) in [6.45, 7) is 0. The minimum absolute atomic E-state index is 0.00823. The van der Waals surface area contributed by atoms with Crippen molar-refractivity contribution >= 4 is 29.3 Å². The lowest BCUT2D eigenvalue weighted by Crippen LogP contribution is -2.54. The summed E-state index contributed by atoms with van der Waals surface area (Å²) < 4.78 is 14.6. The van der Waals surface area contributed by atoms with Crippen molar-refractivity contribution in [2.45, 2.75) is 56.7 Å². The highest BCUT2D eigenvalue weighted by Gasteiger charge is 2.46. The van der Waals surface area contributed by atoms with E-state index in [-0.39, 0.29) is 41.7 Å². The second-order valence-corrected chi connectivity index (χ2v) is 7.55. The molecular weight excluding hydrogens is 367 g/mol. The summed E-state index contributed by atoms with van der Waals surface area (Å²) in [7, 11) is 0. The molecule has 2 heterocycles. The zero-order valence-electron chi connectivity index (χ0n) is 15.2. The van der Waals surface area contributed by atoms with Crippen molar-refractivity contribution in [1.29, 1.82) is 0 Å². The minimum atomic E-state index is -1.08. The molecule has 0 radical (unpaired) electrons. The minimum Gasteiger partial charge on any atom is -0.379 e. The highest BCUT2D eigenvalue weighted by atomic mass is 19.1. The molecule has 4 rings (SSSR count). The Morgan fingerprint density at radius 3 is 2.43 bits per heavy atom. The van der Waals surface area contributed by atoms with Crippen LogP contribution in [0.5, 0.6) is 0 Å². The monoisotopic (exact) mass is 388 g/mol. The fraction of sp³-hybridized carbons (Fsp3) is 0.474. The first-order valence-corrected chi connectivity index (χ1v) is 9.43. The van der Waals surface area contributed by atoms with Gasteiger partial charge >= 0.3 is 0 Å². The SMILES string of the molecule is NC1CCC(Nc2c(F)ccc3c2C(=O)N(C2CCC(=O)NC2=O)C3=O)CC1. The van der Waals surface area contributed by atoms with Crippen LogP contribution >= 0.6 is 0 Å². The number of halogens is 1. The Kier molecular flexibility index (Phi) is 4.62. The number of nitrogens with two attached hydrogens (primary N) is 1. The molecule has 1 aromatic carbocycles. The molecule has 1 aliphatic carbocycles. The van der Waals surface area contributed by atoms with Crippen molar-refractivity contribution in [2.75, 3.05) is 5.32 Å². The van der Waals surface area contributed by atoms with Crippen LogP contribution in [0.1, 0.15) is 59.2 Å². The lowest BCUT2D eigenvalue weighted by atomic mass is 9.91. The van der Waals surface area contributed by atoms with Crippen LogP contribution < -0.4 is 16.4 Å². The van der Waals surface area contributed by atoms with Crippen molar-refractivity contribution in [3.05, 3.63) is 29.1 Å². The number of carbonyl (C=O) groups excluding carboxylic acids is 4. The van der Waals surface area contributed by atoms with Gasteiger partial charge in [-0.2, -0.15) is 0 Å². The number of piperidine rings is 1. The van der Waals surface area contributed by atoms with Crippen molar-refractivity contribution in [3.8, 4) is 0 Å². The van der Waals surface area contributed by atoms with Crippen LogP contribution in [0.3, 0.4) is 0 Å². The number of rotatable bonds is 3. The Hall–Kier alpha value is -2.81. The van der Waals surface area contributed by atoms with E-state index in [0.717, 1.165) is 36.6 Å². The summed E-state index contributed by atoms with van der Waals surface area (Å²) in [4.78, 5) is 50.2. The van der Waals surface area contributed by atoms with E-state index in [9.17, 15) is 23.6 Å². The Morgan fingerprint density at radius 2 is 1.75 bits per heavy atom. The maximum Gasteiger partial charge on any atom is 0.264 e. The van der Waals surface area contributed by atoms with E-state index in [0.29, 0.717) is 0 Å². The normalized spacial score (nSPS) is 27.6. The predicted octanol–water partition coefficient (Wildman–Crippen LogP) is 0.909. The largest absolute Gasteiger partial charge is 0.379 e. The summed E-state index contributed by atoms with van der Waals surface area (Å²) in [5.74, 6) is -3.13. The molecule has 9 heteroatoms. The molecule has 2 fully saturated rings. The fourth-order valence-corrected chi connectivity index (χ4v) is 4.14. The van der Waals surface area contributed by atoms with Crippen molar-refractivity contribution in [3.63, 3.8) is 0 Å². The lowest BCUT2D eigenvalue weighted by molar-refractivity contribution is -0.136. The molecule has 1 atom stereocenters. The van der Waals surface area contributed by atoms with Crippen molar-refractivity contribution in [1.82, 2.24) is 10.2 Å². The zero-order chi connectivity index (χ0) is 20.0. The molecule has 1 saturated carbocycles. The highest BCUT2D eigenvalue weighted by molar-refractivity contribution is 6.25. The van der Waals surface area contributed by atoms with Gasteiger partial charge in [-0.1, -0.05) is 0 Å². The third-order valence-corrected chi connectivity index (χ3v) is 5.68. The van der Waals surface area contributed by atoms with Crippen LogP contribution in [-0.4, -0.2) is 46.7 Å². The maximum atomic E-state index is 14.6. The van der Waals surface area contributed by atoms with Crippen LogP contribution in [0.25, 0.3) is 0 Å². The number of fused-ring (bicyclic) bond motifs is 1. The topological polar surface area (TPSA) is 122 Å². The maximum absolute atomic E-state index is 14.6. The van der Waals surface area contributed by atoms with Crippen LogP contribution in [0.2, 0.25) is 0 Å². The number of nitrogens with zero attached hydrogens (tertiary/aromatic N) is 1. The van der Waals surface area contributed by atoms with Gasteiger partial charge in [-0.15, -0.1) is 0 Å². The van der Waals surface area contributed by atoms with Crippen LogP contribution in [0.15, 0.2) is 12.1 Å². The molecule has 0 bridgehead atoms. The molecule has 3 aliphatic rings. The van der Waals surface area contributed by atoms with E-state index in [4.69, 9.17) is 5.73 Å². The summed E-state index contributed by atoms with van der Waals surface area (Å²) >= 11 is 0. The fourth-order valence-electron chi connectivity index (χ4n) is 4.14. The smallest absolute Gasteiger partial charge is 0.264 e. The predicted molar refractivity (Wildman–Crippen MR) is 96.9 cm³/mol. The van der Waals surface area contributed by atoms with Crippen LogP contribution in [0, 0.1) is 5.82 Å². The van der Waals surface area contributed by atoms with Crippen molar-refractivity contribution < 1.29 is 23.6 Å². The second kappa shape index (κ2) is 6.97. The van der Waals surface area contributed by atoms with Gasteiger partial charge in [0.25, 0.3) is 11.8 Å². The Balaban J connectivity index is 1.64. The van der Waals surface area contributed by atoms with Crippen molar-refractivity contribution in [2.24, 2.45) is 5.73 Å². The van der Waals surface area contributed by atoms with Crippen LogP contribution in [0.4, 0.5) is 10.1 Å². The third kappa shape index (κ3) is 3.05. The first-order chi connectivity index (χ1) is 13.4. The summed E-state index contributed by atoms with van der Waals surface area (Å²) in [5.41, 5.74) is 5.91. The molecule has 8 nitrogen and oxygen atoms in total. The summed E-state index contributed by atoms with van der Waals surface area (Å²) in [6, 6.07) is 1.41. The quantitative estimate of drug-likeness (QED) is 0.662. The van der Waals surface area contributed by atoms with E-state index in [1.807, 2.05) is 0 Å². The number of benzene rings is 1. The molecule has 0 aromatic heterocycles. The number of hydrogen-bond acceptors (Lipinski definition) is 6. The summed E-state index contributed by atoms with van der Waals surface area (Å²) in [5, 5.41) is 5.22. The summed E-state index contributed by atoms with van der Waals surface area (Å²) in [6.07, 6.45) is 3.16. The first kappa shape index (κ1) is 18.5. The number of anilines is 1. The molecular formula is C19H21FN4O4. The first-order valence-electron chi connectivity index (χ1n) is 9.43. The van der Waals surface area contributed by atoms with E-state index < -0.39 is 35.5 Å². The molecule has 1 unspecified atom stereocenters. The number of imide groups is 2. The molecule has 4 amide bonds. The van der Waals surface area contributed by atoms with Gasteiger partial charge in [-0.25, -0.2) is 4.39 Å². The van der Waals surface area contributed by atoms with Gasteiger partial charge in [0, 0.05) is 18.5 Å². The van der Waals surface area contributed by atoms with E-state index in [1.54, 1.807) is 0 Å². The Morgan fingerprint density at radius 1 is 1.04 bits per heavy atom. The zero-order valence-corrected chi connectivity index (χ0v) is 15.2. The molecule has 148 valence electrons. The Bertz CT molecular complexity index is 879. The number of hydrogen-bond donors (Lipinski definition) is 3. The van der Waals surface area contributed by atoms with Crippen LogP contribution in [-0.2, 0) is 9.59 Å². The number of carbonyl (C=O) groups is 4. The molecule has 28 heavy (non-hydrogen) atoms. The van der Waals surface area contributed by atoms with Gasteiger partial charge in [0.15, 0.2) is 0 Å². The number of nitrogens with one attached hydrogen (secondary N) is 2. The van der Waals surface area contributed by atoms with Gasteiger partial charge in [0.05, 0.1) is 16.8 Å². The second-order valence-electron chi connectivity index (χ2n) is 7.55. The van der Waals surface area contributed by atoms with E-state index >= 15 is 0 Å². The van der Waals surface area contributed by atoms with E-state index in [2.05, 4.69) is 10.6 Å². The molecule has 4 N–H and O–H groups in total.